The molecule has 0 saturated carbocycles. The quantitative estimate of drug-likeness (QED) is 0.768. The molecule has 0 aliphatic heterocycles. The molecule has 1 aromatic rings. The van der Waals surface area contributed by atoms with Crippen LogP contribution in [0.15, 0.2) is 24.3 Å². The maximum atomic E-state index is 12.0. The van der Waals surface area contributed by atoms with E-state index in [0.29, 0.717) is 19.4 Å². The highest BCUT2D eigenvalue weighted by Crippen LogP contribution is 2.15. The van der Waals surface area contributed by atoms with Crippen LogP contribution in [0, 0.1) is 0 Å². The third-order valence-electron chi connectivity index (χ3n) is 2.89. The molecule has 0 bridgehead atoms. The summed E-state index contributed by atoms with van der Waals surface area (Å²) in [5.41, 5.74) is 0.906. The van der Waals surface area contributed by atoms with E-state index in [0.717, 1.165) is 5.56 Å². The zero-order valence-electron chi connectivity index (χ0n) is 11.7. The Balaban J connectivity index is 2.32. The first-order valence-electron chi connectivity index (χ1n) is 6.49. The number of amides is 1. The summed E-state index contributed by atoms with van der Waals surface area (Å²) in [6.45, 7) is -0.265. The average Bonchev–Trinajstić information content (AvgIpc) is 2.43. The Labute approximate surface area is 117 Å². The standard InChI is InChI=1S/C14H20F2N2O2/c1-10(17-2)9-18-13(19)8-5-11-3-6-12(7-4-11)20-14(15)16/h3-4,6-7,10,14,17H,5,8-9H2,1-2H3,(H,18,19). The van der Waals surface area contributed by atoms with E-state index in [9.17, 15) is 13.6 Å². The molecule has 1 amide bonds. The second-order valence-corrected chi connectivity index (χ2v) is 4.52. The van der Waals surface area contributed by atoms with Gasteiger partial charge in [0.25, 0.3) is 0 Å². The fourth-order valence-corrected chi connectivity index (χ4v) is 1.55. The molecule has 2 N–H and O–H groups in total. The summed E-state index contributed by atoms with van der Waals surface area (Å²) < 4.78 is 28.2. The summed E-state index contributed by atoms with van der Waals surface area (Å²) >= 11 is 0. The number of aryl methyl sites for hydroxylation is 1. The van der Waals surface area contributed by atoms with Gasteiger partial charge < -0.3 is 15.4 Å². The van der Waals surface area contributed by atoms with E-state index in [2.05, 4.69) is 15.4 Å². The van der Waals surface area contributed by atoms with E-state index in [4.69, 9.17) is 0 Å². The fourth-order valence-electron chi connectivity index (χ4n) is 1.55. The highest BCUT2D eigenvalue weighted by atomic mass is 19.3. The van der Waals surface area contributed by atoms with E-state index >= 15 is 0 Å². The number of hydrogen-bond donors (Lipinski definition) is 2. The molecule has 0 heterocycles. The second kappa shape index (κ2) is 8.47. The monoisotopic (exact) mass is 286 g/mol. The summed E-state index contributed by atoms with van der Waals surface area (Å²) in [6.07, 6.45) is 0.931. The van der Waals surface area contributed by atoms with Crippen LogP contribution in [0.25, 0.3) is 0 Å². The fraction of sp³-hybridized carbons (Fsp3) is 0.500. The zero-order chi connectivity index (χ0) is 15.0. The molecular formula is C14H20F2N2O2. The minimum atomic E-state index is -2.82. The third-order valence-corrected chi connectivity index (χ3v) is 2.89. The molecule has 0 fully saturated rings. The molecule has 1 unspecified atom stereocenters. The lowest BCUT2D eigenvalue weighted by atomic mass is 10.1. The zero-order valence-corrected chi connectivity index (χ0v) is 11.7. The van der Waals surface area contributed by atoms with Gasteiger partial charge in [-0.25, -0.2) is 0 Å². The minimum Gasteiger partial charge on any atom is -0.435 e. The van der Waals surface area contributed by atoms with Crippen LogP contribution < -0.4 is 15.4 Å². The van der Waals surface area contributed by atoms with Crippen molar-refractivity contribution in [1.29, 1.82) is 0 Å². The Bertz CT molecular complexity index is 410. The van der Waals surface area contributed by atoms with Crippen molar-refractivity contribution in [2.45, 2.75) is 32.4 Å². The van der Waals surface area contributed by atoms with Crippen molar-refractivity contribution in [2.24, 2.45) is 0 Å². The Morgan fingerprint density at radius 2 is 1.95 bits per heavy atom. The lowest BCUT2D eigenvalue weighted by Crippen LogP contribution is -2.37. The number of nitrogens with one attached hydrogen (secondary N) is 2. The van der Waals surface area contributed by atoms with Crippen LogP contribution in [0.5, 0.6) is 5.75 Å². The van der Waals surface area contributed by atoms with E-state index in [1.54, 1.807) is 12.1 Å². The predicted molar refractivity (Wildman–Crippen MR) is 72.9 cm³/mol. The van der Waals surface area contributed by atoms with Gasteiger partial charge in [-0.3, -0.25) is 4.79 Å². The van der Waals surface area contributed by atoms with E-state index < -0.39 is 6.61 Å². The van der Waals surface area contributed by atoms with Gasteiger partial charge in [-0.15, -0.1) is 0 Å². The lowest BCUT2D eigenvalue weighted by Gasteiger charge is -2.11. The Morgan fingerprint density at radius 3 is 2.50 bits per heavy atom. The molecule has 4 nitrogen and oxygen atoms in total. The highest BCUT2D eigenvalue weighted by Gasteiger charge is 2.06. The van der Waals surface area contributed by atoms with Gasteiger partial charge in [0.15, 0.2) is 0 Å². The van der Waals surface area contributed by atoms with Crippen LogP contribution in [0.1, 0.15) is 18.9 Å². The molecule has 0 spiro atoms. The second-order valence-electron chi connectivity index (χ2n) is 4.52. The van der Waals surface area contributed by atoms with Crippen molar-refractivity contribution in [2.75, 3.05) is 13.6 Å². The van der Waals surface area contributed by atoms with Gasteiger partial charge in [0.1, 0.15) is 5.75 Å². The Hall–Kier alpha value is -1.69. The first-order valence-corrected chi connectivity index (χ1v) is 6.49. The number of likely N-dealkylation sites (N-methyl/N-ethyl adjacent to an activating group) is 1. The van der Waals surface area contributed by atoms with Crippen molar-refractivity contribution in [3.63, 3.8) is 0 Å². The smallest absolute Gasteiger partial charge is 0.387 e. The van der Waals surface area contributed by atoms with Crippen LogP contribution in [0.4, 0.5) is 8.78 Å². The van der Waals surface area contributed by atoms with Crippen molar-refractivity contribution in [3.8, 4) is 5.75 Å². The summed E-state index contributed by atoms with van der Waals surface area (Å²) in [5, 5.41) is 5.84. The number of hydrogen-bond acceptors (Lipinski definition) is 3. The molecule has 1 aromatic carbocycles. The van der Waals surface area contributed by atoms with Crippen LogP contribution in [0.2, 0.25) is 0 Å². The van der Waals surface area contributed by atoms with Crippen molar-refractivity contribution in [3.05, 3.63) is 29.8 Å². The SMILES string of the molecule is CNC(C)CNC(=O)CCc1ccc(OC(F)F)cc1. The predicted octanol–water partition coefficient (Wildman–Crippen LogP) is 1.94. The van der Waals surface area contributed by atoms with Gasteiger partial charge in [0.05, 0.1) is 0 Å². The van der Waals surface area contributed by atoms with Crippen LogP contribution >= 0.6 is 0 Å². The number of benzene rings is 1. The Kier molecular flexibility index (Phi) is 6.93. The number of rotatable bonds is 8. The van der Waals surface area contributed by atoms with Crippen LogP contribution in [-0.4, -0.2) is 32.2 Å². The number of alkyl halides is 2. The van der Waals surface area contributed by atoms with Crippen molar-refractivity contribution < 1.29 is 18.3 Å². The number of ether oxygens (including phenoxy) is 1. The third kappa shape index (κ3) is 6.47. The van der Waals surface area contributed by atoms with Crippen molar-refractivity contribution >= 4 is 5.91 Å². The summed E-state index contributed by atoms with van der Waals surface area (Å²) in [6, 6.07) is 6.54. The normalized spacial score (nSPS) is 12.2. The lowest BCUT2D eigenvalue weighted by molar-refractivity contribution is -0.121. The van der Waals surface area contributed by atoms with E-state index in [1.807, 2.05) is 14.0 Å². The van der Waals surface area contributed by atoms with E-state index in [-0.39, 0.29) is 17.7 Å². The maximum absolute atomic E-state index is 12.0. The molecule has 0 radical (unpaired) electrons. The first-order chi connectivity index (χ1) is 9.51. The number of carbonyl (C=O) groups excluding carboxylic acids is 1. The van der Waals surface area contributed by atoms with Crippen molar-refractivity contribution in [1.82, 2.24) is 10.6 Å². The van der Waals surface area contributed by atoms with Crippen LogP contribution in [-0.2, 0) is 11.2 Å². The molecule has 6 heteroatoms. The largest absolute Gasteiger partial charge is 0.435 e. The maximum Gasteiger partial charge on any atom is 0.387 e. The number of carbonyl (C=O) groups is 1. The molecule has 0 aliphatic carbocycles. The first kappa shape index (κ1) is 16.4. The molecular weight excluding hydrogens is 266 g/mol. The Morgan fingerprint density at radius 1 is 1.30 bits per heavy atom. The van der Waals surface area contributed by atoms with Crippen LogP contribution in [0.3, 0.4) is 0 Å². The molecule has 1 rings (SSSR count). The summed E-state index contributed by atoms with van der Waals surface area (Å²) in [5.74, 6) is 0.0936. The topological polar surface area (TPSA) is 50.4 Å². The minimum absolute atomic E-state index is 0.0278. The average molecular weight is 286 g/mol. The number of halogens is 2. The molecule has 112 valence electrons. The van der Waals surface area contributed by atoms with Gasteiger partial charge in [-0.2, -0.15) is 8.78 Å². The molecule has 0 aromatic heterocycles. The van der Waals surface area contributed by atoms with E-state index in [1.165, 1.54) is 12.1 Å². The molecule has 20 heavy (non-hydrogen) atoms. The molecule has 1 atom stereocenters. The van der Waals surface area contributed by atoms with Gasteiger partial charge in [-0.1, -0.05) is 12.1 Å². The van der Waals surface area contributed by atoms with Gasteiger partial charge in [0, 0.05) is 19.0 Å². The van der Waals surface area contributed by atoms with Gasteiger partial charge in [0.2, 0.25) is 5.91 Å². The van der Waals surface area contributed by atoms with Gasteiger partial charge in [-0.05, 0) is 38.1 Å². The molecule has 0 aliphatic rings. The van der Waals surface area contributed by atoms with Gasteiger partial charge >= 0.3 is 6.61 Å². The molecule has 0 saturated heterocycles. The summed E-state index contributed by atoms with van der Waals surface area (Å²) in [4.78, 5) is 11.6. The summed E-state index contributed by atoms with van der Waals surface area (Å²) in [7, 11) is 1.83. The highest BCUT2D eigenvalue weighted by molar-refractivity contribution is 5.76.